The number of amides is 1. The lowest BCUT2D eigenvalue weighted by molar-refractivity contribution is -0.117. The standard InChI is InChI=1S/C29H35N3O3/c1-5-15-32(16-6-2)25-11-10-22-18-24(9-8-23(22)19-25)28-13-12-27(35-28)21(4)26(20-30)29(33)31-14-17-34-7-3/h8-13,18-19H,5-7,14-17H2,1-4H3,(H,31,33)/b26-21+. The summed E-state index contributed by atoms with van der Waals surface area (Å²) in [5.41, 5.74) is 2.74. The van der Waals surface area contributed by atoms with E-state index in [0.717, 1.165) is 36.9 Å². The van der Waals surface area contributed by atoms with Crippen molar-refractivity contribution in [2.24, 2.45) is 0 Å². The minimum Gasteiger partial charge on any atom is -0.456 e. The molecule has 0 saturated carbocycles. The van der Waals surface area contributed by atoms with Crippen molar-refractivity contribution in [2.75, 3.05) is 37.7 Å². The molecule has 0 aliphatic rings. The third-order valence-corrected chi connectivity index (χ3v) is 5.89. The molecule has 6 nitrogen and oxygen atoms in total. The highest BCUT2D eigenvalue weighted by Gasteiger charge is 2.17. The number of carbonyl (C=O) groups is 1. The number of rotatable bonds is 12. The molecule has 0 radical (unpaired) electrons. The molecular formula is C29H35N3O3. The second-order valence-corrected chi connectivity index (χ2v) is 8.46. The maximum atomic E-state index is 12.4. The number of nitriles is 1. The number of ether oxygens (including phenoxy) is 1. The number of hydrogen-bond donors (Lipinski definition) is 1. The van der Waals surface area contributed by atoms with Crippen molar-refractivity contribution in [3.8, 4) is 17.4 Å². The summed E-state index contributed by atoms with van der Waals surface area (Å²) in [6, 6.07) is 18.5. The Kier molecular flexibility index (Phi) is 9.51. The number of furan rings is 1. The van der Waals surface area contributed by atoms with Crippen LogP contribution in [0.2, 0.25) is 0 Å². The molecule has 0 fully saturated rings. The first-order valence-corrected chi connectivity index (χ1v) is 12.4. The zero-order chi connectivity index (χ0) is 25.2. The van der Waals surface area contributed by atoms with Crippen LogP contribution in [0.1, 0.15) is 46.3 Å². The Bertz CT molecular complexity index is 1210. The van der Waals surface area contributed by atoms with Gasteiger partial charge in [-0.3, -0.25) is 4.79 Å². The molecule has 0 bridgehead atoms. The average molecular weight is 474 g/mol. The number of anilines is 1. The third kappa shape index (κ3) is 6.52. The van der Waals surface area contributed by atoms with Gasteiger partial charge in [0.2, 0.25) is 0 Å². The molecular weight excluding hydrogens is 438 g/mol. The monoisotopic (exact) mass is 473 g/mol. The molecule has 3 aromatic rings. The number of hydrogen-bond acceptors (Lipinski definition) is 5. The van der Waals surface area contributed by atoms with Gasteiger partial charge in [0.15, 0.2) is 0 Å². The molecule has 1 aromatic heterocycles. The van der Waals surface area contributed by atoms with Crippen LogP contribution in [0.15, 0.2) is 58.5 Å². The molecule has 0 spiro atoms. The van der Waals surface area contributed by atoms with E-state index in [1.807, 2.05) is 25.1 Å². The van der Waals surface area contributed by atoms with Crippen LogP contribution in [0.3, 0.4) is 0 Å². The quantitative estimate of drug-likeness (QED) is 0.193. The predicted octanol–water partition coefficient (Wildman–Crippen LogP) is 6.18. The molecule has 184 valence electrons. The number of benzene rings is 2. The maximum Gasteiger partial charge on any atom is 0.262 e. The van der Waals surface area contributed by atoms with Crippen molar-refractivity contribution in [3.05, 3.63) is 59.9 Å². The van der Waals surface area contributed by atoms with Crippen molar-refractivity contribution in [3.63, 3.8) is 0 Å². The van der Waals surface area contributed by atoms with Crippen LogP contribution in [0.25, 0.3) is 27.7 Å². The van der Waals surface area contributed by atoms with Crippen LogP contribution in [-0.2, 0) is 9.53 Å². The summed E-state index contributed by atoms with van der Waals surface area (Å²) in [7, 11) is 0. The van der Waals surface area contributed by atoms with E-state index >= 15 is 0 Å². The Balaban J connectivity index is 1.82. The number of carbonyl (C=O) groups excluding carboxylic acids is 1. The van der Waals surface area contributed by atoms with Crippen molar-refractivity contribution >= 4 is 27.9 Å². The van der Waals surface area contributed by atoms with E-state index in [-0.39, 0.29) is 5.57 Å². The predicted molar refractivity (Wildman–Crippen MR) is 142 cm³/mol. The van der Waals surface area contributed by atoms with Gasteiger partial charge in [-0.2, -0.15) is 5.26 Å². The highest BCUT2D eigenvalue weighted by Crippen LogP contribution is 2.31. The second-order valence-electron chi connectivity index (χ2n) is 8.46. The van der Waals surface area contributed by atoms with E-state index in [9.17, 15) is 10.1 Å². The van der Waals surface area contributed by atoms with E-state index in [2.05, 4.69) is 54.4 Å². The Morgan fingerprint density at radius 1 is 1.03 bits per heavy atom. The van der Waals surface area contributed by atoms with Gasteiger partial charge in [0.05, 0.1) is 6.61 Å². The number of allylic oxidation sites excluding steroid dienone is 1. The summed E-state index contributed by atoms with van der Waals surface area (Å²) < 4.78 is 11.3. The molecule has 0 aliphatic carbocycles. The lowest BCUT2D eigenvalue weighted by Gasteiger charge is -2.24. The van der Waals surface area contributed by atoms with Crippen LogP contribution in [0, 0.1) is 11.3 Å². The second kappa shape index (κ2) is 12.8. The lowest BCUT2D eigenvalue weighted by atomic mass is 10.0. The van der Waals surface area contributed by atoms with Gasteiger partial charge in [-0.05, 0) is 67.8 Å². The van der Waals surface area contributed by atoms with Crippen molar-refractivity contribution in [1.29, 1.82) is 5.26 Å². The molecule has 35 heavy (non-hydrogen) atoms. The number of nitrogens with zero attached hydrogens (tertiary/aromatic N) is 2. The Morgan fingerprint density at radius 3 is 2.43 bits per heavy atom. The summed E-state index contributed by atoms with van der Waals surface area (Å²) >= 11 is 0. The van der Waals surface area contributed by atoms with Gasteiger partial charge < -0.3 is 19.4 Å². The molecule has 6 heteroatoms. The molecule has 0 atom stereocenters. The van der Waals surface area contributed by atoms with Crippen LogP contribution >= 0.6 is 0 Å². The summed E-state index contributed by atoms with van der Waals surface area (Å²) in [6.45, 7) is 11.5. The first-order chi connectivity index (χ1) is 17.0. The molecule has 1 heterocycles. The Hall–Kier alpha value is -3.56. The fourth-order valence-corrected chi connectivity index (χ4v) is 4.09. The summed E-state index contributed by atoms with van der Waals surface area (Å²) in [5.74, 6) is 0.768. The van der Waals surface area contributed by atoms with E-state index in [1.54, 1.807) is 13.0 Å². The SMILES string of the molecule is CCCN(CCC)c1ccc2cc(-c3ccc(/C(C)=C(\C#N)C(=O)NCCOCC)o3)ccc2c1. The van der Waals surface area contributed by atoms with Crippen LogP contribution < -0.4 is 10.2 Å². The van der Waals surface area contributed by atoms with Crippen LogP contribution in [0.4, 0.5) is 5.69 Å². The van der Waals surface area contributed by atoms with Gasteiger partial charge >= 0.3 is 0 Å². The molecule has 3 rings (SSSR count). The molecule has 1 amide bonds. The fourth-order valence-electron chi connectivity index (χ4n) is 4.09. The van der Waals surface area contributed by atoms with E-state index in [1.165, 1.54) is 11.1 Å². The first-order valence-electron chi connectivity index (χ1n) is 12.4. The van der Waals surface area contributed by atoms with Crippen molar-refractivity contribution < 1.29 is 13.9 Å². The summed E-state index contributed by atoms with van der Waals surface area (Å²) in [5, 5.41) is 14.6. The van der Waals surface area contributed by atoms with Crippen molar-refractivity contribution in [2.45, 2.75) is 40.5 Å². The van der Waals surface area contributed by atoms with E-state index < -0.39 is 5.91 Å². The van der Waals surface area contributed by atoms with Gasteiger partial charge in [-0.15, -0.1) is 0 Å². The normalized spacial score (nSPS) is 11.7. The third-order valence-electron chi connectivity index (χ3n) is 5.89. The van der Waals surface area contributed by atoms with Crippen molar-refractivity contribution in [1.82, 2.24) is 5.32 Å². The lowest BCUT2D eigenvalue weighted by Crippen LogP contribution is -2.28. The van der Waals surface area contributed by atoms with Crippen LogP contribution in [0.5, 0.6) is 0 Å². The minimum atomic E-state index is -0.427. The topological polar surface area (TPSA) is 78.5 Å². The number of fused-ring (bicyclic) bond motifs is 1. The molecule has 0 unspecified atom stereocenters. The fraction of sp³-hybridized carbons (Fsp3) is 0.379. The molecule has 0 saturated heterocycles. The van der Waals surface area contributed by atoms with Gasteiger partial charge in [0.25, 0.3) is 5.91 Å². The zero-order valence-electron chi connectivity index (χ0n) is 21.2. The summed E-state index contributed by atoms with van der Waals surface area (Å²) in [4.78, 5) is 14.9. The highest BCUT2D eigenvalue weighted by molar-refractivity contribution is 6.04. The average Bonchev–Trinajstić information content (AvgIpc) is 3.37. The van der Waals surface area contributed by atoms with Gasteiger partial charge in [0, 0.05) is 43.1 Å². The number of nitrogens with one attached hydrogen (secondary N) is 1. The molecule has 0 aliphatic heterocycles. The van der Waals surface area contributed by atoms with Gasteiger partial charge in [0.1, 0.15) is 23.2 Å². The Morgan fingerprint density at radius 2 is 1.74 bits per heavy atom. The largest absolute Gasteiger partial charge is 0.456 e. The smallest absolute Gasteiger partial charge is 0.262 e. The van der Waals surface area contributed by atoms with E-state index in [4.69, 9.17) is 9.15 Å². The first kappa shape index (κ1) is 26.1. The van der Waals surface area contributed by atoms with Gasteiger partial charge in [-0.1, -0.05) is 32.0 Å². The van der Waals surface area contributed by atoms with Crippen LogP contribution in [-0.4, -0.2) is 38.8 Å². The highest BCUT2D eigenvalue weighted by atomic mass is 16.5. The zero-order valence-corrected chi connectivity index (χ0v) is 21.2. The molecule has 2 aromatic carbocycles. The van der Waals surface area contributed by atoms with E-state index in [0.29, 0.717) is 36.9 Å². The molecule has 1 N–H and O–H groups in total. The van der Waals surface area contributed by atoms with Gasteiger partial charge in [-0.25, -0.2) is 0 Å². The minimum absolute atomic E-state index is 0.0390. The maximum absolute atomic E-state index is 12.4. The summed E-state index contributed by atoms with van der Waals surface area (Å²) in [6.07, 6.45) is 2.24. The Labute approximate surface area is 208 Å².